The number of benzene rings is 1. The van der Waals surface area contributed by atoms with Crippen molar-refractivity contribution in [2.45, 2.75) is 0 Å². The molecule has 0 N–H and O–H groups in total. The Labute approximate surface area is 89.4 Å². The largest absolute Gasteiger partial charge is 0.272 e. The zero-order valence-electron chi connectivity index (χ0n) is 7.39. The van der Waals surface area contributed by atoms with Gasteiger partial charge < -0.3 is 0 Å². The van der Waals surface area contributed by atoms with E-state index in [2.05, 4.69) is 0 Å². The van der Waals surface area contributed by atoms with E-state index in [4.69, 9.17) is 0 Å². The molecular formula is C9H7NO2S2. The highest BCUT2D eigenvalue weighted by molar-refractivity contribution is 8.75. The SMILES string of the molecule is CSSN1C(=O)c2ccccc2C1=O. The van der Waals surface area contributed by atoms with Crippen LogP contribution in [-0.2, 0) is 0 Å². The first kappa shape index (κ1) is 9.61. The van der Waals surface area contributed by atoms with E-state index in [0.717, 1.165) is 11.0 Å². The first-order chi connectivity index (χ1) is 6.75. The van der Waals surface area contributed by atoms with Crippen LogP contribution in [0.2, 0.25) is 0 Å². The van der Waals surface area contributed by atoms with Crippen molar-refractivity contribution in [1.82, 2.24) is 4.31 Å². The smallest absolute Gasteiger partial charge is 0.268 e. The average Bonchev–Trinajstić information content (AvgIpc) is 2.45. The molecule has 1 heterocycles. The van der Waals surface area contributed by atoms with Gasteiger partial charge in [0.05, 0.1) is 11.1 Å². The van der Waals surface area contributed by atoms with Crippen LogP contribution in [-0.4, -0.2) is 22.4 Å². The van der Waals surface area contributed by atoms with Crippen molar-refractivity contribution >= 4 is 33.6 Å². The number of carbonyl (C=O) groups is 2. The molecule has 1 aliphatic rings. The van der Waals surface area contributed by atoms with Gasteiger partial charge in [-0.1, -0.05) is 22.9 Å². The Morgan fingerprint density at radius 3 is 2.00 bits per heavy atom. The van der Waals surface area contributed by atoms with Crippen LogP contribution in [0.15, 0.2) is 24.3 Å². The van der Waals surface area contributed by atoms with Crippen LogP contribution in [0.1, 0.15) is 20.7 Å². The Morgan fingerprint density at radius 1 is 1.07 bits per heavy atom. The molecule has 1 aromatic carbocycles. The summed E-state index contributed by atoms with van der Waals surface area (Å²) in [5.74, 6) is -0.435. The first-order valence-corrected chi connectivity index (χ1v) is 6.46. The molecule has 1 aromatic rings. The normalized spacial score (nSPS) is 14.8. The number of carbonyl (C=O) groups excluding carboxylic acids is 2. The number of rotatable bonds is 2. The van der Waals surface area contributed by atoms with E-state index in [-0.39, 0.29) is 11.8 Å². The van der Waals surface area contributed by atoms with Crippen LogP contribution < -0.4 is 0 Å². The topological polar surface area (TPSA) is 37.4 Å². The molecule has 2 amide bonds. The highest BCUT2D eigenvalue weighted by Crippen LogP contribution is 2.32. The van der Waals surface area contributed by atoms with E-state index >= 15 is 0 Å². The van der Waals surface area contributed by atoms with Crippen molar-refractivity contribution in [2.24, 2.45) is 0 Å². The standard InChI is InChI=1S/C9H7NO2S2/c1-13-14-10-8(11)6-4-2-3-5-7(6)9(10)12/h2-5H,1H3. The Hall–Kier alpha value is -0.940. The monoisotopic (exact) mass is 225 g/mol. The second-order valence-corrected chi connectivity index (χ2v) is 4.99. The molecule has 1 aliphatic heterocycles. The summed E-state index contributed by atoms with van der Waals surface area (Å²) in [7, 11) is 2.54. The maximum absolute atomic E-state index is 11.7. The zero-order chi connectivity index (χ0) is 10.1. The van der Waals surface area contributed by atoms with E-state index < -0.39 is 0 Å². The number of amides is 2. The lowest BCUT2D eigenvalue weighted by Gasteiger charge is -2.08. The highest BCUT2D eigenvalue weighted by atomic mass is 33.1. The van der Waals surface area contributed by atoms with E-state index in [9.17, 15) is 9.59 Å². The summed E-state index contributed by atoms with van der Waals surface area (Å²) in [5.41, 5.74) is 0.998. The second kappa shape index (κ2) is 3.67. The van der Waals surface area contributed by atoms with Crippen molar-refractivity contribution in [1.29, 1.82) is 0 Å². The van der Waals surface area contributed by atoms with Gasteiger partial charge in [-0.2, -0.15) is 0 Å². The summed E-state index contributed by atoms with van der Waals surface area (Å²) < 4.78 is 1.19. The van der Waals surface area contributed by atoms with Gasteiger partial charge >= 0.3 is 0 Å². The van der Waals surface area contributed by atoms with Crippen LogP contribution in [0.4, 0.5) is 0 Å². The number of hydrogen-bond acceptors (Lipinski definition) is 4. The number of imide groups is 1. The third-order valence-corrected chi connectivity index (χ3v) is 3.43. The third-order valence-electron chi connectivity index (χ3n) is 1.91. The summed E-state index contributed by atoms with van der Waals surface area (Å²) in [6, 6.07) is 6.88. The number of nitrogens with zero attached hydrogens (tertiary/aromatic N) is 1. The lowest BCUT2D eigenvalue weighted by molar-refractivity contribution is 0.0779. The van der Waals surface area contributed by atoms with Gasteiger partial charge in [0.25, 0.3) is 11.8 Å². The molecule has 0 radical (unpaired) electrons. The minimum Gasteiger partial charge on any atom is -0.268 e. The maximum atomic E-state index is 11.7. The van der Waals surface area contributed by atoms with Crippen LogP contribution >= 0.6 is 21.8 Å². The Morgan fingerprint density at radius 2 is 1.57 bits per heavy atom. The highest BCUT2D eigenvalue weighted by Gasteiger charge is 2.35. The van der Waals surface area contributed by atoms with Gasteiger partial charge in [-0.25, -0.2) is 4.31 Å². The number of hydrogen-bond donors (Lipinski definition) is 0. The summed E-state index contributed by atoms with van der Waals surface area (Å²) in [5, 5.41) is 0. The molecule has 2 rings (SSSR count). The average molecular weight is 225 g/mol. The fourth-order valence-electron chi connectivity index (χ4n) is 1.31. The summed E-state index contributed by atoms with van der Waals surface area (Å²) in [4.78, 5) is 23.3. The third kappa shape index (κ3) is 1.33. The minimum atomic E-state index is -0.218. The van der Waals surface area contributed by atoms with E-state index in [1.165, 1.54) is 15.1 Å². The summed E-state index contributed by atoms with van der Waals surface area (Å²) >= 11 is 0. The van der Waals surface area contributed by atoms with Crippen molar-refractivity contribution in [3.8, 4) is 0 Å². The van der Waals surface area contributed by atoms with Crippen molar-refractivity contribution in [3.63, 3.8) is 0 Å². The molecule has 5 heteroatoms. The molecule has 0 aromatic heterocycles. The van der Waals surface area contributed by atoms with Gasteiger partial charge in [0.1, 0.15) is 0 Å². The fraction of sp³-hybridized carbons (Fsp3) is 0.111. The molecule has 0 saturated carbocycles. The molecule has 0 spiro atoms. The van der Waals surface area contributed by atoms with Crippen LogP contribution in [0.5, 0.6) is 0 Å². The predicted molar refractivity (Wildman–Crippen MR) is 58.0 cm³/mol. The quantitative estimate of drug-likeness (QED) is 0.439. The molecule has 3 nitrogen and oxygen atoms in total. The molecule has 0 bridgehead atoms. The van der Waals surface area contributed by atoms with E-state index in [0.29, 0.717) is 11.1 Å². The van der Waals surface area contributed by atoms with Gasteiger partial charge in [0.2, 0.25) is 0 Å². The van der Waals surface area contributed by atoms with Crippen molar-refractivity contribution in [3.05, 3.63) is 35.4 Å². The lowest BCUT2D eigenvalue weighted by Crippen LogP contribution is -2.20. The molecule has 0 unspecified atom stereocenters. The molecule has 0 aliphatic carbocycles. The Bertz CT molecular complexity index is 371. The molecule has 14 heavy (non-hydrogen) atoms. The maximum Gasteiger partial charge on any atom is 0.272 e. The summed E-state index contributed by atoms with van der Waals surface area (Å²) in [6.07, 6.45) is 1.83. The van der Waals surface area contributed by atoms with Gasteiger partial charge in [-0.05, 0) is 18.4 Å². The zero-order valence-corrected chi connectivity index (χ0v) is 9.02. The second-order valence-electron chi connectivity index (χ2n) is 2.69. The predicted octanol–water partition coefficient (Wildman–Crippen LogP) is 2.21. The minimum absolute atomic E-state index is 0.218. The first-order valence-electron chi connectivity index (χ1n) is 3.94. The van der Waals surface area contributed by atoms with E-state index in [1.54, 1.807) is 24.3 Å². The molecule has 0 saturated heterocycles. The Kier molecular flexibility index (Phi) is 2.52. The Balaban J connectivity index is 2.43. The number of fused-ring (bicyclic) bond motifs is 1. The van der Waals surface area contributed by atoms with E-state index in [1.807, 2.05) is 6.26 Å². The van der Waals surface area contributed by atoms with Gasteiger partial charge in [-0.3, -0.25) is 9.59 Å². The molecule has 0 atom stereocenters. The van der Waals surface area contributed by atoms with Gasteiger partial charge in [0, 0.05) is 11.0 Å². The van der Waals surface area contributed by atoms with Crippen LogP contribution in [0.25, 0.3) is 0 Å². The van der Waals surface area contributed by atoms with Crippen LogP contribution in [0.3, 0.4) is 0 Å². The molecule has 0 fully saturated rings. The van der Waals surface area contributed by atoms with Crippen LogP contribution in [0, 0.1) is 0 Å². The lowest BCUT2D eigenvalue weighted by atomic mass is 10.1. The summed E-state index contributed by atoms with van der Waals surface area (Å²) in [6.45, 7) is 0. The fourth-order valence-corrected chi connectivity index (χ4v) is 2.64. The van der Waals surface area contributed by atoms with Crippen molar-refractivity contribution in [2.75, 3.05) is 6.26 Å². The molecule has 72 valence electrons. The van der Waals surface area contributed by atoms with Gasteiger partial charge in [0.15, 0.2) is 0 Å². The molecular weight excluding hydrogens is 218 g/mol. The van der Waals surface area contributed by atoms with Gasteiger partial charge in [-0.15, -0.1) is 0 Å². The van der Waals surface area contributed by atoms with Crippen molar-refractivity contribution < 1.29 is 9.59 Å².